The highest BCUT2D eigenvalue weighted by atomic mass is 32.2. The number of amides is 2. The van der Waals surface area contributed by atoms with Crippen molar-refractivity contribution >= 4 is 22.6 Å². The van der Waals surface area contributed by atoms with E-state index in [0.29, 0.717) is 5.69 Å². The van der Waals surface area contributed by atoms with Crippen LogP contribution in [0.4, 0.5) is 0 Å². The standard InChI is InChI=1S/C9H8N2O3S/c12-7-5-15(14)8(9(13)11-7)6-3-1-2-4-10-6/h1-4,8H,5H2,(H,11,12,13). The lowest BCUT2D eigenvalue weighted by atomic mass is 10.2. The molecule has 0 aromatic carbocycles. The number of carbonyl (C=O) groups excluding carboxylic acids is 2. The predicted octanol–water partition coefficient (Wildman–Crippen LogP) is -0.472. The van der Waals surface area contributed by atoms with E-state index in [0.717, 1.165) is 0 Å². The van der Waals surface area contributed by atoms with Crippen LogP contribution < -0.4 is 5.32 Å². The first kappa shape index (κ1) is 9.97. The van der Waals surface area contributed by atoms with E-state index in [2.05, 4.69) is 10.3 Å². The van der Waals surface area contributed by atoms with Crippen LogP contribution in [0.2, 0.25) is 0 Å². The number of nitrogens with one attached hydrogen (secondary N) is 1. The monoisotopic (exact) mass is 224 g/mol. The summed E-state index contributed by atoms with van der Waals surface area (Å²) in [7, 11) is -1.51. The number of nitrogens with zero attached hydrogens (tertiary/aromatic N) is 1. The molecular weight excluding hydrogens is 216 g/mol. The number of imide groups is 1. The molecule has 0 aliphatic carbocycles. The van der Waals surface area contributed by atoms with Crippen LogP contribution in [-0.4, -0.2) is 26.8 Å². The summed E-state index contributed by atoms with van der Waals surface area (Å²) in [6.07, 6.45) is 1.52. The minimum absolute atomic E-state index is 0.146. The molecule has 5 nitrogen and oxygen atoms in total. The molecule has 2 atom stereocenters. The summed E-state index contributed by atoms with van der Waals surface area (Å²) < 4.78 is 11.6. The van der Waals surface area contributed by atoms with E-state index in [9.17, 15) is 13.8 Å². The van der Waals surface area contributed by atoms with Gasteiger partial charge >= 0.3 is 0 Å². The summed E-state index contributed by atoms with van der Waals surface area (Å²) in [6.45, 7) is 0. The predicted molar refractivity (Wildman–Crippen MR) is 53.1 cm³/mol. The van der Waals surface area contributed by atoms with Gasteiger partial charge in [-0.3, -0.25) is 24.1 Å². The third-order valence-electron chi connectivity index (χ3n) is 1.99. The maximum Gasteiger partial charge on any atom is 0.248 e. The van der Waals surface area contributed by atoms with Gasteiger partial charge in [-0.2, -0.15) is 0 Å². The van der Waals surface area contributed by atoms with Gasteiger partial charge in [0.1, 0.15) is 5.75 Å². The molecule has 1 N–H and O–H groups in total. The van der Waals surface area contributed by atoms with Gasteiger partial charge in [-0.25, -0.2) is 0 Å². The van der Waals surface area contributed by atoms with Crippen LogP contribution in [0.5, 0.6) is 0 Å². The van der Waals surface area contributed by atoms with Crippen molar-refractivity contribution in [2.45, 2.75) is 5.25 Å². The maximum absolute atomic E-state index is 11.6. The van der Waals surface area contributed by atoms with Gasteiger partial charge in [0.2, 0.25) is 11.8 Å². The van der Waals surface area contributed by atoms with E-state index in [4.69, 9.17) is 0 Å². The molecule has 0 saturated carbocycles. The molecule has 1 aromatic heterocycles. The van der Waals surface area contributed by atoms with E-state index < -0.39 is 27.9 Å². The Hall–Kier alpha value is -1.56. The molecule has 0 bridgehead atoms. The second-order valence-corrected chi connectivity index (χ2v) is 4.59. The van der Waals surface area contributed by atoms with E-state index in [1.165, 1.54) is 6.20 Å². The van der Waals surface area contributed by atoms with Crippen LogP contribution in [0.1, 0.15) is 10.9 Å². The maximum atomic E-state index is 11.6. The third-order valence-corrected chi connectivity index (χ3v) is 3.52. The Morgan fingerprint density at radius 1 is 1.40 bits per heavy atom. The molecular formula is C9H8N2O3S. The van der Waals surface area contributed by atoms with Crippen molar-refractivity contribution < 1.29 is 13.8 Å². The fraction of sp³-hybridized carbons (Fsp3) is 0.222. The van der Waals surface area contributed by atoms with Crippen molar-refractivity contribution in [3.63, 3.8) is 0 Å². The molecule has 78 valence electrons. The zero-order valence-corrected chi connectivity index (χ0v) is 8.49. The highest BCUT2D eigenvalue weighted by Gasteiger charge is 2.35. The zero-order chi connectivity index (χ0) is 10.8. The molecule has 6 heteroatoms. The molecule has 0 radical (unpaired) electrons. The number of pyridine rings is 1. The highest BCUT2D eigenvalue weighted by Crippen LogP contribution is 2.20. The van der Waals surface area contributed by atoms with Crippen molar-refractivity contribution in [1.29, 1.82) is 0 Å². The molecule has 1 aromatic rings. The fourth-order valence-corrected chi connectivity index (χ4v) is 2.57. The first-order chi connectivity index (χ1) is 7.18. The van der Waals surface area contributed by atoms with Crippen LogP contribution in [0.3, 0.4) is 0 Å². The lowest BCUT2D eigenvalue weighted by Crippen LogP contribution is -2.45. The third kappa shape index (κ3) is 1.94. The van der Waals surface area contributed by atoms with Gasteiger partial charge in [0.25, 0.3) is 0 Å². The lowest BCUT2D eigenvalue weighted by molar-refractivity contribution is -0.129. The van der Waals surface area contributed by atoms with Crippen molar-refractivity contribution in [1.82, 2.24) is 10.3 Å². The van der Waals surface area contributed by atoms with E-state index in [1.807, 2.05) is 0 Å². The zero-order valence-electron chi connectivity index (χ0n) is 7.67. The average Bonchev–Trinajstić information content (AvgIpc) is 2.17. The summed E-state index contributed by atoms with van der Waals surface area (Å²) in [6, 6.07) is 5.04. The summed E-state index contributed by atoms with van der Waals surface area (Å²) in [5.74, 6) is -1.18. The van der Waals surface area contributed by atoms with Gasteiger partial charge in [0.05, 0.1) is 5.69 Å². The van der Waals surface area contributed by atoms with Gasteiger partial charge in [-0.1, -0.05) is 6.07 Å². The second kappa shape index (κ2) is 3.90. The van der Waals surface area contributed by atoms with Crippen molar-refractivity contribution in [3.05, 3.63) is 30.1 Å². The number of aromatic nitrogens is 1. The molecule has 15 heavy (non-hydrogen) atoms. The smallest absolute Gasteiger partial charge is 0.248 e. The Morgan fingerprint density at radius 2 is 2.20 bits per heavy atom. The number of rotatable bonds is 1. The molecule has 1 saturated heterocycles. The van der Waals surface area contributed by atoms with Crippen molar-refractivity contribution in [2.75, 3.05) is 5.75 Å². The van der Waals surface area contributed by atoms with E-state index in [-0.39, 0.29) is 5.75 Å². The topological polar surface area (TPSA) is 76.1 Å². The molecule has 2 amide bonds. The molecule has 2 unspecified atom stereocenters. The van der Waals surface area contributed by atoms with Crippen molar-refractivity contribution in [3.8, 4) is 0 Å². The summed E-state index contributed by atoms with van der Waals surface area (Å²) in [5, 5.41) is 1.32. The Balaban J connectivity index is 2.33. The number of hydrogen-bond donors (Lipinski definition) is 1. The van der Waals surface area contributed by atoms with Gasteiger partial charge in [0.15, 0.2) is 5.25 Å². The Kier molecular flexibility index (Phi) is 2.59. The summed E-state index contributed by atoms with van der Waals surface area (Å²) in [4.78, 5) is 26.3. The van der Waals surface area contributed by atoms with Gasteiger partial charge < -0.3 is 0 Å². The first-order valence-electron chi connectivity index (χ1n) is 4.30. The summed E-state index contributed by atoms with van der Waals surface area (Å²) in [5.41, 5.74) is 0.431. The molecule has 1 aliphatic heterocycles. The SMILES string of the molecule is O=C1CS(=O)C(c2ccccn2)C(=O)N1. The molecule has 1 aliphatic rings. The Bertz CT molecular complexity index is 412. The fourth-order valence-electron chi connectivity index (χ4n) is 1.37. The van der Waals surface area contributed by atoms with E-state index >= 15 is 0 Å². The van der Waals surface area contributed by atoms with Gasteiger partial charge in [-0.15, -0.1) is 0 Å². The largest absolute Gasteiger partial charge is 0.294 e. The van der Waals surface area contributed by atoms with Crippen LogP contribution in [0.15, 0.2) is 24.4 Å². The second-order valence-electron chi connectivity index (χ2n) is 3.07. The van der Waals surface area contributed by atoms with Crippen LogP contribution >= 0.6 is 0 Å². The first-order valence-corrected chi connectivity index (χ1v) is 5.68. The minimum atomic E-state index is -1.51. The van der Waals surface area contributed by atoms with Gasteiger partial charge in [0, 0.05) is 17.0 Å². The number of carbonyl (C=O) groups is 2. The van der Waals surface area contributed by atoms with Crippen LogP contribution in [-0.2, 0) is 20.4 Å². The molecule has 0 spiro atoms. The summed E-state index contributed by atoms with van der Waals surface area (Å²) >= 11 is 0. The van der Waals surface area contributed by atoms with Crippen LogP contribution in [0, 0.1) is 0 Å². The highest BCUT2D eigenvalue weighted by molar-refractivity contribution is 7.87. The molecule has 2 heterocycles. The number of hydrogen-bond acceptors (Lipinski definition) is 4. The minimum Gasteiger partial charge on any atom is -0.294 e. The lowest BCUT2D eigenvalue weighted by Gasteiger charge is -2.19. The quantitative estimate of drug-likeness (QED) is 0.654. The molecule has 1 fully saturated rings. The Labute approximate surface area is 88.4 Å². The van der Waals surface area contributed by atoms with E-state index in [1.54, 1.807) is 18.2 Å². The normalized spacial score (nSPS) is 26.1. The molecule has 2 rings (SSSR count). The van der Waals surface area contributed by atoms with Gasteiger partial charge in [-0.05, 0) is 12.1 Å². The van der Waals surface area contributed by atoms with Crippen molar-refractivity contribution in [2.24, 2.45) is 0 Å². The Morgan fingerprint density at radius 3 is 2.80 bits per heavy atom. The van der Waals surface area contributed by atoms with Crippen LogP contribution in [0.25, 0.3) is 0 Å². The average molecular weight is 224 g/mol.